The lowest BCUT2D eigenvalue weighted by atomic mass is 9.90. The molecule has 1 fully saturated rings. The first-order chi connectivity index (χ1) is 6.94. The second-order valence-corrected chi connectivity index (χ2v) is 4.95. The zero-order valence-electron chi connectivity index (χ0n) is 8.23. The van der Waals surface area contributed by atoms with Crippen molar-refractivity contribution < 1.29 is 9.50 Å². The molecule has 1 aliphatic rings. The SMILES string of the molecule is CC(O)(c1c(Cl)ccc(Cl)c1F)C1CC1. The van der Waals surface area contributed by atoms with Crippen LogP contribution >= 0.6 is 23.2 Å². The van der Waals surface area contributed by atoms with Gasteiger partial charge >= 0.3 is 0 Å². The third-order valence-electron chi connectivity index (χ3n) is 2.92. The average Bonchev–Trinajstić information content (AvgIpc) is 2.94. The van der Waals surface area contributed by atoms with E-state index >= 15 is 0 Å². The number of aliphatic hydroxyl groups is 1. The maximum absolute atomic E-state index is 13.8. The number of rotatable bonds is 2. The Hall–Kier alpha value is -0.310. The molecule has 0 saturated heterocycles. The van der Waals surface area contributed by atoms with Gasteiger partial charge in [-0.25, -0.2) is 4.39 Å². The number of hydrogen-bond donors (Lipinski definition) is 1. The van der Waals surface area contributed by atoms with Gasteiger partial charge in [0.2, 0.25) is 0 Å². The molecule has 82 valence electrons. The van der Waals surface area contributed by atoms with E-state index in [9.17, 15) is 9.50 Å². The van der Waals surface area contributed by atoms with Gasteiger partial charge in [-0.05, 0) is 37.8 Å². The van der Waals surface area contributed by atoms with Crippen molar-refractivity contribution in [1.82, 2.24) is 0 Å². The standard InChI is InChI=1S/C11H11Cl2FO/c1-11(15,6-2-3-6)9-7(12)4-5-8(13)10(9)14/h4-6,15H,2-3H2,1H3. The van der Waals surface area contributed by atoms with Crippen molar-refractivity contribution in [2.45, 2.75) is 25.4 Å². The van der Waals surface area contributed by atoms with Crippen LogP contribution in [0.25, 0.3) is 0 Å². The van der Waals surface area contributed by atoms with E-state index in [4.69, 9.17) is 23.2 Å². The largest absolute Gasteiger partial charge is 0.385 e. The monoisotopic (exact) mass is 248 g/mol. The summed E-state index contributed by atoms with van der Waals surface area (Å²) in [7, 11) is 0. The summed E-state index contributed by atoms with van der Waals surface area (Å²) in [5.41, 5.74) is -1.09. The number of halogens is 3. The molecule has 0 radical (unpaired) electrons. The topological polar surface area (TPSA) is 20.2 Å². The summed E-state index contributed by atoms with van der Waals surface area (Å²) in [6.45, 7) is 1.59. The first-order valence-corrected chi connectivity index (χ1v) is 5.56. The molecule has 2 rings (SSSR count). The van der Waals surface area contributed by atoms with Crippen LogP contribution in [0.4, 0.5) is 4.39 Å². The molecule has 1 atom stereocenters. The van der Waals surface area contributed by atoms with Gasteiger partial charge in [0.05, 0.1) is 10.6 Å². The lowest BCUT2D eigenvalue weighted by Gasteiger charge is -2.25. The van der Waals surface area contributed by atoms with Crippen LogP contribution in [-0.4, -0.2) is 5.11 Å². The Morgan fingerprint density at radius 2 is 1.87 bits per heavy atom. The van der Waals surface area contributed by atoms with Crippen LogP contribution in [0, 0.1) is 11.7 Å². The molecule has 1 aromatic carbocycles. The highest BCUT2D eigenvalue weighted by Gasteiger charge is 2.44. The van der Waals surface area contributed by atoms with Crippen LogP contribution in [0.15, 0.2) is 12.1 Å². The minimum Gasteiger partial charge on any atom is -0.385 e. The summed E-state index contributed by atoms with van der Waals surface area (Å²) < 4.78 is 13.8. The third-order valence-corrected chi connectivity index (χ3v) is 3.53. The Bertz CT molecular complexity index is 400. The first-order valence-electron chi connectivity index (χ1n) is 4.81. The minimum absolute atomic E-state index is 0.00433. The van der Waals surface area contributed by atoms with Crippen molar-refractivity contribution in [1.29, 1.82) is 0 Å². The summed E-state index contributed by atoms with van der Waals surface area (Å²) in [6, 6.07) is 2.91. The van der Waals surface area contributed by atoms with E-state index < -0.39 is 11.4 Å². The van der Waals surface area contributed by atoms with E-state index in [1.165, 1.54) is 12.1 Å². The Balaban J connectivity index is 2.55. The van der Waals surface area contributed by atoms with Gasteiger partial charge in [0.1, 0.15) is 5.82 Å². The molecule has 0 heterocycles. The molecule has 0 aromatic heterocycles. The van der Waals surface area contributed by atoms with Gasteiger partial charge < -0.3 is 5.11 Å². The molecule has 0 bridgehead atoms. The number of benzene rings is 1. The second-order valence-electron chi connectivity index (χ2n) is 4.14. The van der Waals surface area contributed by atoms with Crippen LogP contribution in [0.5, 0.6) is 0 Å². The lowest BCUT2D eigenvalue weighted by Crippen LogP contribution is -2.26. The highest BCUT2D eigenvalue weighted by atomic mass is 35.5. The molecule has 15 heavy (non-hydrogen) atoms. The summed E-state index contributed by atoms with van der Waals surface area (Å²) in [4.78, 5) is 0. The molecule has 1 aliphatic carbocycles. The maximum atomic E-state index is 13.8. The third kappa shape index (κ3) is 1.86. The molecule has 1 unspecified atom stereocenters. The normalized spacial score (nSPS) is 20.1. The molecule has 0 aliphatic heterocycles. The molecule has 1 nitrogen and oxygen atoms in total. The molecular weight excluding hydrogens is 238 g/mol. The quantitative estimate of drug-likeness (QED) is 0.791. The van der Waals surface area contributed by atoms with E-state index in [1.54, 1.807) is 6.92 Å². The molecule has 0 amide bonds. The fourth-order valence-corrected chi connectivity index (χ4v) is 2.34. The van der Waals surface area contributed by atoms with Crippen molar-refractivity contribution in [3.63, 3.8) is 0 Å². The van der Waals surface area contributed by atoms with Crippen molar-refractivity contribution in [2.75, 3.05) is 0 Å². The summed E-state index contributed by atoms with van der Waals surface area (Å²) in [5, 5.41) is 10.5. The first kappa shape index (κ1) is 11.2. The van der Waals surface area contributed by atoms with E-state index in [2.05, 4.69) is 0 Å². The maximum Gasteiger partial charge on any atom is 0.149 e. The Morgan fingerprint density at radius 3 is 2.40 bits per heavy atom. The van der Waals surface area contributed by atoms with Gasteiger partial charge in [0, 0.05) is 10.6 Å². The summed E-state index contributed by atoms with van der Waals surface area (Å²) in [6.07, 6.45) is 1.80. The van der Waals surface area contributed by atoms with Gasteiger partial charge in [-0.3, -0.25) is 0 Å². The molecule has 1 saturated carbocycles. The van der Waals surface area contributed by atoms with Crippen LogP contribution in [0.3, 0.4) is 0 Å². The Kier molecular flexibility index (Phi) is 2.70. The van der Waals surface area contributed by atoms with Crippen LogP contribution in [0.2, 0.25) is 10.0 Å². The summed E-state index contributed by atoms with van der Waals surface area (Å²) in [5.74, 6) is -0.524. The van der Waals surface area contributed by atoms with Gasteiger partial charge in [-0.15, -0.1) is 0 Å². The Labute approximate surface area is 97.8 Å². The smallest absolute Gasteiger partial charge is 0.149 e. The molecule has 0 spiro atoms. The fourth-order valence-electron chi connectivity index (χ4n) is 1.84. The highest BCUT2D eigenvalue weighted by molar-refractivity contribution is 6.33. The van der Waals surface area contributed by atoms with Crippen LogP contribution in [0.1, 0.15) is 25.3 Å². The van der Waals surface area contributed by atoms with E-state index in [0.29, 0.717) is 0 Å². The summed E-state index contributed by atoms with van der Waals surface area (Å²) >= 11 is 11.6. The highest BCUT2D eigenvalue weighted by Crippen LogP contribution is 2.48. The van der Waals surface area contributed by atoms with E-state index in [-0.39, 0.29) is 21.5 Å². The van der Waals surface area contributed by atoms with Gasteiger partial charge in [0.25, 0.3) is 0 Å². The predicted octanol–water partition coefficient (Wildman–Crippen LogP) is 3.75. The predicted molar refractivity (Wildman–Crippen MR) is 58.7 cm³/mol. The molecule has 4 heteroatoms. The van der Waals surface area contributed by atoms with Crippen molar-refractivity contribution in [3.05, 3.63) is 33.6 Å². The second kappa shape index (κ2) is 3.62. The van der Waals surface area contributed by atoms with Gasteiger partial charge in [-0.2, -0.15) is 0 Å². The minimum atomic E-state index is -1.22. The lowest BCUT2D eigenvalue weighted by molar-refractivity contribution is 0.0296. The molecule has 1 N–H and O–H groups in total. The van der Waals surface area contributed by atoms with Crippen molar-refractivity contribution in [2.24, 2.45) is 5.92 Å². The van der Waals surface area contributed by atoms with Crippen molar-refractivity contribution >= 4 is 23.2 Å². The molecule has 1 aromatic rings. The Morgan fingerprint density at radius 1 is 1.33 bits per heavy atom. The number of hydrogen-bond acceptors (Lipinski definition) is 1. The van der Waals surface area contributed by atoms with Gasteiger partial charge in [0.15, 0.2) is 0 Å². The van der Waals surface area contributed by atoms with Gasteiger partial charge in [-0.1, -0.05) is 23.2 Å². The molecular formula is C11H11Cl2FO. The average molecular weight is 249 g/mol. The van der Waals surface area contributed by atoms with Crippen LogP contribution < -0.4 is 0 Å². The fraction of sp³-hybridized carbons (Fsp3) is 0.455. The van der Waals surface area contributed by atoms with Crippen LogP contribution in [-0.2, 0) is 5.60 Å². The van der Waals surface area contributed by atoms with Crippen molar-refractivity contribution in [3.8, 4) is 0 Å². The zero-order valence-corrected chi connectivity index (χ0v) is 9.74. The zero-order chi connectivity index (χ0) is 11.2. The van der Waals surface area contributed by atoms with E-state index in [1.807, 2.05) is 0 Å². The van der Waals surface area contributed by atoms with E-state index in [0.717, 1.165) is 12.8 Å².